The summed E-state index contributed by atoms with van der Waals surface area (Å²) in [5.74, 6) is 1.26. The Labute approximate surface area is 203 Å². The van der Waals surface area contributed by atoms with Crippen molar-refractivity contribution in [1.82, 2.24) is 24.1 Å². The number of aromatic nitrogens is 4. The number of para-hydroxylation sites is 1. The Morgan fingerprint density at radius 1 is 1.00 bits per heavy atom. The molecule has 0 fully saturated rings. The number of rotatable bonds is 9. The molecule has 0 radical (unpaired) electrons. The van der Waals surface area contributed by atoms with Crippen LogP contribution < -0.4 is 5.56 Å². The predicted octanol–water partition coefficient (Wildman–Crippen LogP) is 4.62. The first kappa shape index (κ1) is 24.0. The van der Waals surface area contributed by atoms with Gasteiger partial charge in [0.25, 0.3) is 5.56 Å². The number of carbonyl (C=O) groups is 1. The lowest BCUT2D eigenvalue weighted by Gasteiger charge is -2.26. The van der Waals surface area contributed by atoms with E-state index in [0.29, 0.717) is 35.3 Å². The first-order valence-corrected chi connectivity index (χ1v) is 12.7. The SMILES string of the molecule is CC(C)CCn1c(=O)c2ccccc2n2c(SCC(=O)N(Cc3ccccc3)C(C)C)nnc12. The number of carbonyl (C=O) groups excluding carboxylic acids is 1. The zero-order chi connectivity index (χ0) is 24.2. The molecule has 0 aliphatic heterocycles. The third-order valence-corrected chi connectivity index (χ3v) is 6.79. The standard InChI is InChI=1S/C26H31N5O2S/c1-18(2)14-15-29-24(33)21-12-8-9-13-22(21)31-25(29)27-28-26(31)34-17-23(32)30(19(3)4)16-20-10-6-5-7-11-20/h5-13,18-19H,14-17H2,1-4H3. The van der Waals surface area contributed by atoms with E-state index in [1.165, 1.54) is 11.8 Å². The Hall–Kier alpha value is -3.13. The molecule has 178 valence electrons. The molecule has 0 aliphatic rings. The van der Waals surface area contributed by atoms with E-state index in [9.17, 15) is 9.59 Å². The molecule has 0 saturated carbocycles. The average Bonchev–Trinajstić information content (AvgIpc) is 3.25. The third-order valence-electron chi connectivity index (χ3n) is 5.87. The van der Waals surface area contributed by atoms with Crippen LogP contribution in [0, 0.1) is 5.92 Å². The van der Waals surface area contributed by atoms with Gasteiger partial charge < -0.3 is 4.90 Å². The summed E-state index contributed by atoms with van der Waals surface area (Å²) in [6, 6.07) is 17.6. The van der Waals surface area contributed by atoms with E-state index in [1.807, 2.05) is 77.7 Å². The van der Waals surface area contributed by atoms with Gasteiger partial charge in [0.05, 0.1) is 16.7 Å². The molecule has 0 aliphatic carbocycles. The van der Waals surface area contributed by atoms with E-state index in [1.54, 1.807) is 4.57 Å². The molecule has 4 aromatic rings. The topological polar surface area (TPSA) is 72.5 Å². The Morgan fingerprint density at radius 3 is 2.41 bits per heavy atom. The van der Waals surface area contributed by atoms with Gasteiger partial charge in [-0.1, -0.05) is 68.1 Å². The van der Waals surface area contributed by atoms with Crippen molar-refractivity contribution >= 4 is 34.3 Å². The Kier molecular flexibility index (Phi) is 7.36. The summed E-state index contributed by atoms with van der Waals surface area (Å²) < 4.78 is 3.61. The maximum Gasteiger partial charge on any atom is 0.262 e. The maximum absolute atomic E-state index is 13.2. The molecule has 7 nitrogen and oxygen atoms in total. The third kappa shape index (κ3) is 5.01. The van der Waals surface area contributed by atoms with Crippen molar-refractivity contribution in [3.63, 3.8) is 0 Å². The van der Waals surface area contributed by atoms with Gasteiger partial charge in [0.2, 0.25) is 11.7 Å². The first-order chi connectivity index (χ1) is 16.4. The quantitative estimate of drug-likeness (QED) is 0.329. The second kappa shape index (κ2) is 10.4. The van der Waals surface area contributed by atoms with Gasteiger partial charge in [-0.3, -0.25) is 18.6 Å². The molecule has 8 heteroatoms. The number of amides is 1. The molecule has 2 aromatic carbocycles. The highest BCUT2D eigenvalue weighted by Crippen LogP contribution is 2.23. The molecule has 0 N–H and O–H groups in total. The normalized spacial score (nSPS) is 11.7. The lowest BCUT2D eigenvalue weighted by Crippen LogP contribution is -2.37. The van der Waals surface area contributed by atoms with Crippen molar-refractivity contribution in [2.45, 2.75) is 58.4 Å². The monoisotopic (exact) mass is 477 g/mol. The van der Waals surface area contributed by atoms with E-state index < -0.39 is 0 Å². The number of thioether (sulfide) groups is 1. The van der Waals surface area contributed by atoms with Crippen LogP contribution in [0.15, 0.2) is 64.5 Å². The van der Waals surface area contributed by atoms with Crippen LogP contribution in [0.5, 0.6) is 0 Å². The summed E-state index contributed by atoms with van der Waals surface area (Å²) in [6.07, 6.45) is 0.866. The summed E-state index contributed by atoms with van der Waals surface area (Å²) >= 11 is 1.36. The zero-order valence-electron chi connectivity index (χ0n) is 20.1. The largest absolute Gasteiger partial charge is 0.335 e. The maximum atomic E-state index is 13.2. The van der Waals surface area contributed by atoms with Gasteiger partial charge >= 0.3 is 0 Å². The predicted molar refractivity (Wildman–Crippen MR) is 137 cm³/mol. The Bertz CT molecular complexity index is 1340. The van der Waals surface area contributed by atoms with Crippen molar-refractivity contribution in [3.05, 3.63) is 70.5 Å². The molecular weight excluding hydrogens is 446 g/mol. The summed E-state index contributed by atoms with van der Waals surface area (Å²) in [5.41, 5.74) is 1.80. The Balaban J connectivity index is 1.64. The lowest BCUT2D eigenvalue weighted by atomic mass is 10.1. The van der Waals surface area contributed by atoms with Gasteiger partial charge in [-0.15, -0.1) is 10.2 Å². The molecule has 4 rings (SSSR count). The fraction of sp³-hybridized carbons (Fsp3) is 0.385. The highest BCUT2D eigenvalue weighted by Gasteiger charge is 2.21. The minimum Gasteiger partial charge on any atom is -0.335 e. The van der Waals surface area contributed by atoms with Crippen LogP contribution in [0.4, 0.5) is 0 Å². The number of nitrogens with zero attached hydrogens (tertiary/aromatic N) is 5. The first-order valence-electron chi connectivity index (χ1n) is 11.7. The molecule has 2 aromatic heterocycles. The van der Waals surface area contributed by atoms with Crippen LogP contribution in [0.1, 0.15) is 39.7 Å². The molecule has 34 heavy (non-hydrogen) atoms. The van der Waals surface area contributed by atoms with Gasteiger partial charge in [0.1, 0.15) is 0 Å². The number of aryl methyl sites for hydroxylation is 1. The second-order valence-electron chi connectivity index (χ2n) is 9.16. The molecule has 0 saturated heterocycles. The van der Waals surface area contributed by atoms with Crippen LogP contribution in [-0.2, 0) is 17.9 Å². The highest BCUT2D eigenvalue weighted by molar-refractivity contribution is 7.99. The smallest absolute Gasteiger partial charge is 0.262 e. The van der Waals surface area contributed by atoms with Crippen LogP contribution in [-0.4, -0.2) is 41.8 Å². The summed E-state index contributed by atoms with van der Waals surface area (Å²) in [7, 11) is 0. The van der Waals surface area contributed by atoms with E-state index >= 15 is 0 Å². The summed E-state index contributed by atoms with van der Waals surface area (Å²) in [5, 5.41) is 9.98. The van der Waals surface area contributed by atoms with E-state index in [4.69, 9.17) is 0 Å². The van der Waals surface area contributed by atoms with Gasteiger partial charge in [-0.25, -0.2) is 0 Å². The molecule has 0 atom stereocenters. The van der Waals surface area contributed by atoms with Crippen molar-refractivity contribution in [2.75, 3.05) is 5.75 Å². The molecule has 0 bridgehead atoms. The van der Waals surface area contributed by atoms with Gasteiger partial charge in [-0.05, 0) is 43.9 Å². The molecule has 0 spiro atoms. The van der Waals surface area contributed by atoms with Gasteiger partial charge in [0.15, 0.2) is 5.16 Å². The second-order valence-corrected chi connectivity index (χ2v) is 10.1. The van der Waals surface area contributed by atoms with Crippen molar-refractivity contribution in [2.24, 2.45) is 5.92 Å². The number of hydrogen-bond acceptors (Lipinski definition) is 5. The number of fused-ring (bicyclic) bond motifs is 3. The van der Waals surface area contributed by atoms with Crippen molar-refractivity contribution in [3.8, 4) is 0 Å². The van der Waals surface area contributed by atoms with Crippen LogP contribution >= 0.6 is 11.8 Å². The average molecular weight is 478 g/mol. The number of hydrogen-bond donors (Lipinski definition) is 0. The van der Waals surface area contributed by atoms with Gasteiger partial charge in [-0.2, -0.15) is 0 Å². The minimum absolute atomic E-state index is 0.0398. The van der Waals surface area contributed by atoms with Crippen LogP contribution in [0.25, 0.3) is 16.7 Å². The number of benzene rings is 2. The minimum atomic E-state index is -0.0578. The van der Waals surface area contributed by atoms with Crippen LogP contribution in [0.2, 0.25) is 0 Å². The van der Waals surface area contributed by atoms with E-state index in [0.717, 1.165) is 17.5 Å². The highest BCUT2D eigenvalue weighted by atomic mass is 32.2. The van der Waals surface area contributed by atoms with Crippen molar-refractivity contribution in [1.29, 1.82) is 0 Å². The summed E-state index contributed by atoms with van der Waals surface area (Å²) in [6.45, 7) is 9.46. The molecule has 1 amide bonds. The molecule has 2 heterocycles. The Morgan fingerprint density at radius 2 is 1.71 bits per heavy atom. The zero-order valence-corrected chi connectivity index (χ0v) is 21.0. The van der Waals surface area contributed by atoms with Crippen LogP contribution in [0.3, 0.4) is 0 Å². The molecule has 0 unspecified atom stereocenters. The molecular formula is C26H31N5O2S. The summed E-state index contributed by atoms with van der Waals surface area (Å²) in [4.78, 5) is 28.2. The lowest BCUT2D eigenvalue weighted by molar-refractivity contribution is -0.130. The van der Waals surface area contributed by atoms with E-state index in [2.05, 4.69) is 24.0 Å². The fourth-order valence-corrected chi connectivity index (χ4v) is 4.79. The van der Waals surface area contributed by atoms with E-state index in [-0.39, 0.29) is 23.3 Å². The van der Waals surface area contributed by atoms with Gasteiger partial charge in [0, 0.05) is 19.1 Å². The van der Waals surface area contributed by atoms with Crippen molar-refractivity contribution < 1.29 is 4.79 Å². The fourth-order valence-electron chi connectivity index (χ4n) is 3.96.